The average molecular weight is 279 g/mol. The first-order valence-electron chi connectivity index (χ1n) is 5.70. The molecule has 0 radical (unpaired) electrons. The molecule has 0 spiro atoms. The van der Waals surface area contributed by atoms with Crippen LogP contribution in [0, 0.1) is 11.6 Å². The maximum atomic E-state index is 13.7. The number of benzene rings is 2. The second kappa shape index (κ2) is 4.63. The highest BCUT2D eigenvalue weighted by Crippen LogP contribution is 2.19. The number of nitrogens with one attached hydrogen (secondary N) is 1. The molecule has 1 N–H and O–H groups in total. The standard InChI is InChI=1S/C14H9ClF2N2/c15-9-2-1-8(11(17)6-9)5-14-18-12-4-3-10(16)7-13(12)19-14/h1-4,6-7H,5H2,(H,18,19). The highest BCUT2D eigenvalue weighted by Gasteiger charge is 2.08. The number of aromatic amines is 1. The SMILES string of the molecule is Fc1ccc2nc(Cc3ccc(Cl)cc3F)[nH]c2c1. The Kier molecular flexibility index (Phi) is 2.95. The minimum Gasteiger partial charge on any atom is -0.342 e. The Morgan fingerprint density at radius 3 is 2.74 bits per heavy atom. The normalized spacial score (nSPS) is 11.1. The summed E-state index contributed by atoms with van der Waals surface area (Å²) in [5, 5.41) is 0.355. The van der Waals surface area contributed by atoms with Crippen molar-refractivity contribution in [1.29, 1.82) is 0 Å². The average Bonchev–Trinajstić information content (AvgIpc) is 2.74. The van der Waals surface area contributed by atoms with Crippen LogP contribution in [0.15, 0.2) is 36.4 Å². The number of hydrogen-bond acceptors (Lipinski definition) is 1. The van der Waals surface area contributed by atoms with E-state index in [-0.39, 0.29) is 11.6 Å². The van der Waals surface area contributed by atoms with Gasteiger partial charge in [-0.15, -0.1) is 0 Å². The number of H-pyrrole nitrogens is 1. The van der Waals surface area contributed by atoms with Crippen LogP contribution in [0.2, 0.25) is 5.02 Å². The van der Waals surface area contributed by atoms with Crippen molar-refractivity contribution in [1.82, 2.24) is 9.97 Å². The smallest absolute Gasteiger partial charge is 0.128 e. The molecule has 3 rings (SSSR count). The van der Waals surface area contributed by atoms with Crippen molar-refractivity contribution in [2.45, 2.75) is 6.42 Å². The van der Waals surface area contributed by atoms with E-state index in [0.717, 1.165) is 0 Å². The first-order valence-corrected chi connectivity index (χ1v) is 6.08. The maximum Gasteiger partial charge on any atom is 0.128 e. The third-order valence-electron chi connectivity index (χ3n) is 2.87. The third kappa shape index (κ3) is 2.44. The van der Waals surface area contributed by atoms with E-state index >= 15 is 0 Å². The van der Waals surface area contributed by atoms with Gasteiger partial charge in [-0.25, -0.2) is 13.8 Å². The van der Waals surface area contributed by atoms with Crippen molar-refractivity contribution in [3.05, 3.63) is 64.4 Å². The lowest BCUT2D eigenvalue weighted by Crippen LogP contribution is -1.94. The molecule has 0 aliphatic heterocycles. The number of rotatable bonds is 2. The molecule has 0 amide bonds. The van der Waals surface area contributed by atoms with E-state index in [9.17, 15) is 8.78 Å². The van der Waals surface area contributed by atoms with Crippen LogP contribution in [0.25, 0.3) is 11.0 Å². The summed E-state index contributed by atoms with van der Waals surface area (Å²) in [7, 11) is 0. The zero-order chi connectivity index (χ0) is 13.4. The quantitative estimate of drug-likeness (QED) is 0.751. The monoisotopic (exact) mass is 278 g/mol. The lowest BCUT2D eigenvalue weighted by Gasteiger charge is -2.00. The first-order chi connectivity index (χ1) is 9.11. The van der Waals surface area contributed by atoms with Crippen LogP contribution in [0.1, 0.15) is 11.4 Å². The van der Waals surface area contributed by atoms with Gasteiger partial charge < -0.3 is 4.98 Å². The van der Waals surface area contributed by atoms with Gasteiger partial charge in [0.2, 0.25) is 0 Å². The van der Waals surface area contributed by atoms with Crippen LogP contribution >= 0.6 is 11.6 Å². The van der Waals surface area contributed by atoms with Crippen LogP contribution in [0.5, 0.6) is 0 Å². The molecule has 0 aliphatic rings. The van der Waals surface area contributed by atoms with Crippen LogP contribution in [0.4, 0.5) is 8.78 Å². The van der Waals surface area contributed by atoms with Gasteiger partial charge in [0.25, 0.3) is 0 Å². The summed E-state index contributed by atoms with van der Waals surface area (Å²) >= 11 is 5.70. The van der Waals surface area contributed by atoms with E-state index in [2.05, 4.69) is 9.97 Å². The van der Waals surface area contributed by atoms with Gasteiger partial charge in [0.15, 0.2) is 0 Å². The minimum absolute atomic E-state index is 0.305. The molecule has 96 valence electrons. The zero-order valence-electron chi connectivity index (χ0n) is 9.75. The fourth-order valence-corrected chi connectivity index (χ4v) is 2.12. The summed E-state index contributed by atoms with van der Waals surface area (Å²) in [4.78, 5) is 7.27. The first kappa shape index (κ1) is 12.1. The molecule has 0 aliphatic carbocycles. The van der Waals surface area contributed by atoms with E-state index in [4.69, 9.17) is 11.6 Å². The molecule has 2 nitrogen and oxygen atoms in total. The fraction of sp³-hybridized carbons (Fsp3) is 0.0714. The molecule has 3 aromatic rings. The zero-order valence-corrected chi connectivity index (χ0v) is 10.5. The van der Waals surface area contributed by atoms with Gasteiger partial charge in [0.1, 0.15) is 17.5 Å². The molecule has 0 saturated heterocycles. The molecule has 0 fully saturated rings. The van der Waals surface area contributed by atoms with Crippen molar-refractivity contribution < 1.29 is 8.78 Å². The highest BCUT2D eigenvalue weighted by molar-refractivity contribution is 6.30. The van der Waals surface area contributed by atoms with Crippen molar-refractivity contribution >= 4 is 22.6 Å². The molecule has 0 unspecified atom stereocenters. The van der Waals surface area contributed by atoms with Crippen LogP contribution in [-0.4, -0.2) is 9.97 Å². The number of imidazole rings is 1. The van der Waals surface area contributed by atoms with Gasteiger partial charge in [-0.2, -0.15) is 0 Å². The number of nitrogens with zero attached hydrogens (tertiary/aromatic N) is 1. The van der Waals surface area contributed by atoms with E-state index in [1.165, 1.54) is 18.2 Å². The Morgan fingerprint density at radius 2 is 1.95 bits per heavy atom. The number of hydrogen-bond donors (Lipinski definition) is 1. The molecular weight excluding hydrogens is 270 g/mol. The second-order valence-electron chi connectivity index (χ2n) is 4.26. The number of fused-ring (bicyclic) bond motifs is 1. The lowest BCUT2D eigenvalue weighted by molar-refractivity contribution is 0.612. The van der Waals surface area contributed by atoms with Gasteiger partial charge in [0.05, 0.1) is 11.0 Å². The van der Waals surface area contributed by atoms with E-state index in [1.54, 1.807) is 18.2 Å². The van der Waals surface area contributed by atoms with Gasteiger partial charge >= 0.3 is 0 Å². The summed E-state index contributed by atoms with van der Waals surface area (Å²) < 4.78 is 26.7. The predicted octanol–water partition coefficient (Wildman–Crippen LogP) is 4.09. The maximum absolute atomic E-state index is 13.7. The largest absolute Gasteiger partial charge is 0.342 e. The second-order valence-corrected chi connectivity index (χ2v) is 4.69. The minimum atomic E-state index is -0.376. The van der Waals surface area contributed by atoms with Gasteiger partial charge in [0, 0.05) is 11.4 Å². The van der Waals surface area contributed by atoms with Crippen molar-refractivity contribution in [2.75, 3.05) is 0 Å². The molecule has 0 saturated carbocycles. The highest BCUT2D eigenvalue weighted by atomic mass is 35.5. The number of aromatic nitrogens is 2. The molecule has 1 heterocycles. The van der Waals surface area contributed by atoms with Gasteiger partial charge in [-0.1, -0.05) is 17.7 Å². The van der Waals surface area contributed by atoms with Gasteiger partial charge in [-0.05, 0) is 35.9 Å². The third-order valence-corrected chi connectivity index (χ3v) is 3.10. The summed E-state index contributed by atoms with van der Waals surface area (Å²) in [5.41, 5.74) is 1.75. The Bertz CT molecular complexity index is 752. The Morgan fingerprint density at radius 1 is 1.11 bits per heavy atom. The van der Waals surface area contributed by atoms with Crippen LogP contribution < -0.4 is 0 Å². The predicted molar refractivity (Wildman–Crippen MR) is 70.3 cm³/mol. The molecule has 19 heavy (non-hydrogen) atoms. The Balaban J connectivity index is 1.96. The van der Waals surface area contributed by atoms with E-state index < -0.39 is 0 Å². The Labute approximate surface area is 113 Å². The molecule has 5 heteroatoms. The van der Waals surface area contributed by atoms with Gasteiger partial charge in [-0.3, -0.25) is 0 Å². The van der Waals surface area contributed by atoms with E-state index in [0.29, 0.717) is 33.9 Å². The molecule has 0 bridgehead atoms. The molecule has 1 aromatic heterocycles. The fourth-order valence-electron chi connectivity index (χ4n) is 1.96. The van der Waals surface area contributed by atoms with Crippen LogP contribution in [0.3, 0.4) is 0 Å². The van der Waals surface area contributed by atoms with Crippen molar-refractivity contribution in [2.24, 2.45) is 0 Å². The Hall–Kier alpha value is -1.94. The van der Waals surface area contributed by atoms with E-state index in [1.807, 2.05) is 0 Å². The summed E-state index contributed by atoms with van der Waals surface area (Å²) in [5.74, 6) is -0.124. The van der Waals surface area contributed by atoms with Crippen molar-refractivity contribution in [3.8, 4) is 0 Å². The molecule has 0 atom stereocenters. The lowest BCUT2D eigenvalue weighted by atomic mass is 10.1. The summed E-state index contributed by atoms with van der Waals surface area (Å²) in [6.45, 7) is 0. The summed E-state index contributed by atoms with van der Waals surface area (Å²) in [6.07, 6.45) is 0.305. The van der Waals surface area contributed by atoms with Crippen molar-refractivity contribution in [3.63, 3.8) is 0 Å². The van der Waals surface area contributed by atoms with Crippen LogP contribution in [-0.2, 0) is 6.42 Å². The number of halogens is 3. The molecule has 2 aromatic carbocycles. The topological polar surface area (TPSA) is 28.7 Å². The molecular formula is C14H9ClF2N2. The summed E-state index contributed by atoms with van der Waals surface area (Å²) in [6, 6.07) is 8.80.